The third-order valence-electron chi connectivity index (χ3n) is 4.26. The van der Waals surface area contributed by atoms with Crippen LogP contribution >= 0.6 is 0 Å². The number of nitrogens with one attached hydrogen (secondary N) is 2. The lowest BCUT2D eigenvalue weighted by Gasteiger charge is -2.16. The molecule has 0 atom stereocenters. The summed E-state index contributed by atoms with van der Waals surface area (Å²) in [6, 6.07) is 21.3. The second kappa shape index (κ2) is 6.76. The van der Waals surface area contributed by atoms with Crippen molar-refractivity contribution in [1.29, 1.82) is 5.41 Å². The average molecular weight is 356 g/mol. The minimum absolute atomic E-state index is 0.0745. The van der Waals surface area contributed by atoms with E-state index in [1.807, 2.05) is 36.4 Å². The smallest absolute Gasteiger partial charge is 0.267 e. The molecule has 6 nitrogen and oxygen atoms in total. The first-order valence-corrected chi connectivity index (χ1v) is 8.36. The monoisotopic (exact) mass is 356 g/mol. The number of rotatable bonds is 4. The van der Waals surface area contributed by atoms with Crippen molar-refractivity contribution in [2.24, 2.45) is 0 Å². The number of benzene rings is 3. The Balaban J connectivity index is 1.97. The van der Waals surface area contributed by atoms with Crippen molar-refractivity contribution >= 4 is 28.8 Å². The standard InChI is InChI=1S/C21H16N4O2/c22-13-14-7-6-12-18(19(14)26)24-21-23-17-11-5-4-10-16(17)20(27)25(21)15-8-2-1-3-9-15/h1-13,22,26H,(H,23,24). The summed E-state index contributed by atoms with van der Waals surface area (Å²) in [5.74, 6) is 0.205. The number of phenolic OH excluding ortho intramolecular Hbond substituents is 1. The van der Waals surface area contributed by atoms with E-state index in [9.17, 15) is 9.90 Å². The number of nitrogens with zero attached hydrogens (tertiary/aromatic N) is 2. The van der Waals surface area contributed by atoms with Crippen molar-refractivity contribution in [3.8, 4) is 11.4 Å². The van der Waals surface area contributed by atoms with Crippen molar-refractivity contribution in [2.45, 2.75) is 0 Å². The Morgan fingerprint density at radius 1 is 0.963 bits per heavy atom. The minimum atomic E-state index is -0.211. The molecule has 0 saturated heterocycles. The van der Waals surface area contributed by atoms with E-state index in [2.05, 4.69) is 10.3 Å². The van der Waals surface area contributed by atoms with E-state index in [-0.39, 0.29) is 17.3 Å². The predicted octanol–water partition coefficient (Wildman–Crippen LogP) is 3.83. The molecule has 0 radical (unpaired) electrons. The quantitative estimate of drug-likeness (QED) is 0.383. The molecular formula is C21H16N4O2. The van der Waals surface area contributed by atoms with Crippen LogP contribution < -0.4 is 10.9 Å². The molecule has 3 N–H and O–H groups in total. The zero-order chi connectivity index (χ0) is 18.8. The van der Waals surface area contributed by atoms with E-state index in [1.54, 1.807) is 36.4 Å². The zero-order valence-electron chi connectivity index (χ0n) is 14.3. The Hall–Kier alpha value is -3.93. The molecule has 0 aliphatic rings. The van der Waals surface area contributed by atoms with E-state index >= 15 is 0 Å². The van der Waals surface area contributed by atoms with Crippen LogP contribution in [0, 0.1) is 5.41 Å². The Bertz CT molecular complexity index is 1200. The van der Waals surface area contributed by atoms with Gasteiger partial charge in [0.15, 0.2) is 0 Å². The summed E-state index contributed by atoms with van der Waals surface area (Å²) in [6.45, 7) is 0. The van der Waals surface area contributed by atoms with Crippen molar-refractivity contribution in [1.82, 2.24) is 9.55 Å². The molecule has 27 heavy (non-hydrogen) atoms. The van der Waals surface area contributed by atoms with Crippen LogP contribution in [0.2, 0.25) is 0 Å². The highest BCUT2D eigenvalue weighted by molar-refractivity contribution is 5.86. The van der Waals surface area contributed by atoms with Gasteiger partial charge in [0.05, 0.1) is 22.3 Å². The Labute approximate surface area is 154 Å². The molecule has 4 aromatic rings. The summed E-state index contributed by atoms with van der Waals surface area (Å²) < 4.78 is 1.47. The number of fused-ring (bicyclic) bond motifs is 1. The molecule has 1 aromatic heterocycles. The number of hydrogen-bond acceptors (Lipinski definition) is 5. The van der Waals surface area contributed by atoms with Gasteiger partial charge in [0.1, 0.15) is 5.75 Å². The van der Waals surface area contributed by atoms with Crippen LogP contribution in [0.15, 0.2) is 77.6 Å². The van der Waals surface area contributed by atoms with Crippen LogP contribution in [0.1, 0.15) is 5.56 Å². The summed E-state index contributed by atoms with van der Waals surface area (Å²) in [4.78, 5) is 17.7. The molecule has 0 unspecified atom stereocenters. The summed E-state index contributed by atoms with van der Waals surface area (Å²) in [5, 5.41) is 21.3. The van der Waals surface area contributed by atoms with E-state index in [4.69, 9.17) is 5.41 Å². The number of anilines is 2. The fourth-order valence-corrected chi connectivity index (χ4v) is 2.93. The molecule has 0 bridgehead atoms. The van der Waals surface area contributed by atoms with Gasteiger partial charge in [-0.15, -0.1) is 0 Å². The maximum Gasteiger partial charge on any atom is 0.267 e. The molecule has 4 rings (SSSR count). The molecule has 0 saturated carbocycles. The first-order valence-electron chi connectivity index (χ1n) is 8.36. The van der Waals surface area contributed by atoms with E-state index in [0.717, 1.165) is 6.21 Å². The van der Waals surface area contributed by atoms with Gasteiger partial charge in [-0.2, -0.15) is 0 Å². The number of phenols is 1. The van der Waals surface area contributed by atoms with Gasteiger partial charge in [-0.3, -0.25) is 4.79 Å². The van der Waals surface area contributed by atoms with Crippen LogP contribution in [-0.2, 0) is 0 Å². The lowest BCUT2D eigenvalue weighted by molar-refractivity contribution is 0.477. The predicted molar refractivity (Wildman–Crippen MR) is 107 cm³/mol. The van der Waals surface area contributed by atoms with Crippen LogP contribution in [0.3, 0.4) is 0 Å². The number of aromatic nitrogens is 2. The van der Waals surface area contributed by atoms with Crippen molar-refractivity contribution in [3.63, 3.8) is 0 Å². The van der Waals surface area contributed by atoms with Crippen molar-refractivity contribution < 1.29 is 5.11 Å². The first-order chi connectivity index (χ1) is 13.2. The fraction of sp³-hybridized carbons (Fsp3) is 0. The van der Waals surface area contributed by atoms with Crippen molar-refractivity contribution in [3.05, 3.63) is 88.7 Å². The summed E-state index contributed by atoms with van der Waals surface area (Å²) in [6.07, 6.45) is 1.07. The van der Waals surface area contributed by atoms with Gasteiger partial charge in [0.25, 0.3) is 5.56 Å². The van der Waals surface area contributed by atoms with Gasteiger partial charge in [0.2, 0.25) is 5.95 Å². The molecule has 0 aliphatic heterocycles. The largest absolute Gasteiger partial charge is 0.505 e. The average Bonchev–Trinajstić information content (AvgIpc) is 2.70. The van der Waals surface area contributed by atoms with Crippen LogP contribution in [0.4, 0.5) is 11.6 Å². The molecule has 6 heteroatoms. The van der Waals surface area contributed by atoms with E-state index in [1.165, 1.54) is 4.57 Å². The lowest BCUT2D eigenvalue weighted by atomic mass is 10.2. The summed E-state index contributed by atoms with van der Waals surface area (Å²) in [7, 11) is 0. The van der Waals surface area contributed by atoms with Crippen molar-refractivity contribution in [2.75, 3.05) is 5.32 Å². The van der Waals surface area contributed by atoms with Gasteiger partial charge in [-0.1, -0.05) is 36.4 Å². The second-order valence-corrected chi connectivity index (χ2v) is 5.94. The van der Waals surface area contributed by atoms with Crippen LogP contribution in [0.5, 0.6) is 5.75 Å². The van der Waals surface area contributed by atoms with Gasteiger partial charge < -0.3 is 15.8 Å². The normalized spacial score (nSPS) is 10.7. The molecule has 3 aromatic carbocycles. The van der Waals surface area contributed by atoms with Gasteiger partial charge >= 0.3 is 0 Å². The first kappa shape index (κ1) is 16.5. The molecule has 132 valence electrons. The molecule has 1 heterocycles. The molecule has 0 aliphatic carbocycles. The van der Waals surface area contributed by atoms with E-state index in [0.29, 0.717) is 27.8 Å². The summed E-state index contributed by atoms with van der Waals surface area (Å²) in [5.41, 5.74) is 1.74. The summed E-state index contributed by atoms with van der Waals surface area (Å²) >= 11 is 0. The highest BCUT2D eigenvalue weighted by Gasteiger charge is 2.14. The Morgan fingerprint density at radius 3 is 2.48 bits per heavy atom. The Morgan fingerprint density at radius 2 is 1.70 bits per heavy atom. The maximum absolute atomic E-state index is 13.1. The van der Waals surface area contributed by atoms with Gasteiger partial charge in [-0.25, -0.2) is 9.55 Å². The van der Waals surface area contributed by atoms with E-state index < -0.39 is 0 Å². The highest BCUT2D eigenvalue weighted by atomic mass is 16.3. The molecule has 0 fully saturated rings. The third kappa shape index (κ3) is 2.93. The van der Waals surface area contributed by atoms with Gasteiger partial charge in [0, 0.05) is 11.8 Å². The highest BCUT2D eigenvalue weighted by Crippen LogP contribution is 2.29. The van der Waals surface area contributed by atoms with Crippen LogP contribution in [0.25, 0.3) is 16.6 Å². The topological polar surface area (TPSA) is 91.0 Å². The number of hydrogen-bond donors (Lipinski definition) is 3. The number of aromatic hydroxyl groups is 1. The molecule has 0 amide bonds. The fourth-order valence-electron chi connectivity index (χ4n) is 2.93. The Kier molecular flexibility index (Phi) is 4.14. The SMILES string of the molecule is N=Cc1cccc(Nc2nc3ccccc3c(=O)n2-c2ccccc2)c1O. The van der Waals surface area contributed by atoms with Crippen LogP contribution in [-0.4, -0.2) is 20.9 Å². The zero-order valence-corrected chi connectivity index (χ0v) is 14.3. The molecular weight excluding hydrogens is 340 g/mol. The molecule has 0 spiro atoms. The third-order valence-corrected chi connectivity index (χ3v) is 4.26. The number of para-hydroxylation sites is 3. The lowest BCUT2D eigenvalue weighted by Crippen LogP contribution is -2.22. The minimum Gasteiger partial charge on any atom is -0.505 e. The second-order valence-electron chi connectivity index (χ2n) is 5.94. The van der Waals surface area contributed by atoms with Gasteiger partial charge in [-0.05, 0) is 36.4 Å². The maximum atomic E-state index is 13.1.